The summed E-state index contributed by atoms with van der Waals surface area (Å²) in [6.07, 6.45) is 4.04. The molecule has 5 rings (SSSR count). The Bertz CT molecular complexity index is 1220. The van der Waals surface area contributed by atoms with Crippen molar-refractivity contribution in [2.45, 2.75) is 6.42 Å². The Morgan fingerprint density at radius 1 is 1.30 bits per heavy atom. The molecule has 3 aromatic rings. The number of nitrogens with one attached hydrogen (secondary N) is 2. The second kappa shape index (κ2) is 6.88. The molecule has 30 heavy (non-hydrogen) atoms. The second-order valence-electron chi connectivity index (χ2n) is 7.99. The Morgan fingerprint density at radius 2 is 2.13 bits per heavy atom. The molecule has 1 aromatic carbocycles. The maximum atomic E-state index is 15.0. The number of hydrogen-bond donors (Lipinski definition) is 4. The molecule has 0 bridgehead atoms. The van der Waals surface area contributed by atoms with Gasteiger partial charge < -0.3 is 21.4 Å². The van der Waals surface area contributed by atoms with E-state index < -0.39 is 5.82 Å². The molecule has 1 aliphatic carbocycles. The first-order valence-corrected chi connectivity index (χ1v) is 9.96. The molecule has 1 aliphatic heterocycles. The predicted octanol–water partition coefficient (Wildman–Crippen LogP) is 1.49. The van der Waals surface area contributed by atoms with Crippen molar-refractivity contribution in [3.8, 4) is 0 Å². The van der Waals surface area contributed by atoms with Crippen LogP contribution in [-0.4, -0.2) is 40.3 Å². The average molecular weight is 407 g/mol. The lowest BCUT2D eigenvalue weighted by molar-refractivity contribution is 0.546. The first-order valence-electron chi connectivity index (χ1n) is 9.96. The summed E-state index contributed by atoms with van der Waals surface area (Å²) < 4.78 is 15.0. The molecule has 0 radical (unpaired) electrons. The molecule has 2 fully saturated rings. The molecule has 9 heteroatoms. The number of anilines is 2. The van der Waals surface area contributed by atoms with Gasteiger partial charge in [0, 0.05) is 35.6 Å². The lowest BCUT2D eigenvalue weighted by Crippen LogP contribution is -2.32. The summed E-state index contributed by atoms with van der Waals surface area (Å²) in [5, 5.41) is 8.82. The number of H-pyrrole nitrogens is 1. The van der Waals surface area contributed by atoms with Crippen molar-refractivity contribution in [2.75, 3.05) is 30.3 Å². The van der Waals surface area contributed by atoms with E-state index in [0.29, 0.717) is 23.6 Å². The third kappa shape index (κ3) is 2.85. The summed E-state index contributed by atoms with van der Waals surface area (Å²) in [5.41, 5.74) is 11.5. The highest BCUT2D eigenvalue weighted by Crippen LogP contribution is 2.51. The van der Waals surface area contributed by atoms with E-state index in [4.69, 9.17) is 16.9 Å². The van der Waals surface area contributed by atoms with Crippen LogP contribution in [-0.2, 0) is 0 Å². The van der Waals surface area contributed by atoms with Crippen molar-refractivity contribution < 1.29 is 4.39 Å². The number of rotatable bonds is 4. The number of nitrogens with two attached hydrogens (primary N) is 2. The summed E-state index contributed by atoms with van der Waals surface area (Å²) >= 11 is 0. The fourth-order valence-corrected chi connectivity index (χ4v) is 4.72. The zero-order valence-electron chi connectivity index (χ0n) is 16.2. The van der Waals surface area contributed by atoms with Crippen molar-refractivity contribution in [3.05, 3.63) is 58.0 Å². The van der Waals surface area contributed by atoms with E-state index in [0.717, 1.165) is 26.1 Å². The van der Waals surface area contributed by atoms with Crippen LogP contribution in [0.15, 0.2) is 35.4 Å². The zero-order valence-corrected chi connectivity index (χ0v) is 16.2. The van der Waals surface area contributed by atoms with Crippen molar-refractivity contribution in [1.82, 2.24) is 15.0 Å². The van der Waals surface area contributed by atoms with Gasteiger partial charge in [0.25, 0.3) is 5.56 Å². The van der Waals surface area contributed by atoms with Gasteiger partial charge >= 0.3 is 0 Å². The van der Waals surface area contributed by atoms with Crippen molar-refractivity contribution in [1.29, 1.82) is 5.41 Å². The minimum Gasteiger partial charge on any atom is -0.382 e. The molecular weight excluding hydrogens is 385 g/mol. The summed E-state index contributed by atoms with van der Waals surface area (Å²) in [6.45, 7) is 2.47. The Balaban J connectivity index is 1.44. The molecule has 154 valence electrons. The van der Waals surface area contributed by atoms with Crippen LogP contribution < -0.4 is 21.9 Å². The molecule has 2 aromatic heterocycles. The van der Waals surface area contributed by atoms with Gasteiger partial charge in [-0.05, 0) is 48.9 Å². The van der Waals surface area contributed by atoms with Crippen LogP contribution in [0, 0.1) is 29.0 Å². The Hall–Kier alpha value is -3.33. The number of piperidine rings is 1. The van der Waals surface area contributed by atoms with Gasteiger partial charge in [0.1, 0.15) is 17.3 Å². The first kappa shape index (κ1) is 18.7. The van der Waals surface area contributed by atoms with E-state index in [1.54, 1.807) is 6.20 Å². The molecule has 3 heterocycles. The number of nitrogens with zero attached hydrogens (tertiary/aromatic N) is 3. The maximum Gasteiger partial charge on any atom is 0.255 e. The number of aromatic nitrogens is 3. The van der Waals surface area contributed by atoms with E-state index in [-0.39, 0.29) is 39.1 Å². The molecule has 0 spiro atoms. The van der Waals surface area contributed by atoms with Gasteiger partial charge in [-0.2, -0.15) is 0 Å². The molecular formula is C21H22FN7O. The quantitative estimate of drug-likeness (QED) is 0.484. The van der Waals surface area contributed by atoms with Gasteiger partial charge in [0.05, 0.1) is 11.9 Å². The SMILES string of the molecule is N=C(c1ccc2c(=O)[nH]ccc2c1F)c1ncc(N2CCC3C(CN)C3C2)nc1N. The van der Waals surface area contributed by atoms with Crippen LogP contribution >= 0.6 is 0 Å². The van der Waals surface area contributed by atoms with Crippen LogP contribution in [0.4, 0.5) is 16.0 Å². The Kier molecular flexibility index (Phi) is 4.28. The molecule has 3 unspecified atom stereocenters. The van der Waals surface area contributed by atoms with Crippen molar-refractivity contribution in [3.63, 3.8) is 0 Å². The maximum absolute atomic E-state index is 15.0. The zero-order chi connectivity index (χ0) is 21.0. The van der Waals surface area contributed by atoms with E-state index in [1.807, 2.05) is 0 Å². The standard InChI is InChI=1S/C21H22FN7O/c22-17-11-3-5-26-21(30)12(11)1-2-13(17)18(24)19-20(25)28-16(8-27-19)29-6-4-10-14(7-23)15(10)9-29/h1-3,5,8,10,14-15,24H,4,6-7,9,23H2,(H2,25,28)(H,26,30). The van der Waals surface area contributed by atoms with Crippen molar-refractivity contribution in [2.24, 2.45) is 23.5 Å². The number of aromatic amines is 1. The lowest BCUT2D eigenvalue weighted by atomic mass is 10.0. The van der Waals surface area contributed by atoms with Gasteiger partial charge in [-0.1, -0.05) is 0 Å². The van der Waals surface area contributed by atoms with Crippen LogP contribution in [0.2, 0.25) is 0 Å². The highest BCUT2D eigenvalue weighted by atomic mass is 19.1. The minimum atomic E-state index is -0.655. The molecule has 1 saturated carbocycles. The number of pyridine rings is 1. The third-order valence-corrected chi connectivity index (χ3v) is 6.45. The summed E-state index contributed by atoms with van der Waals surface area (Å²) in [6, 6.07) is 4.36. The number of benzene rings is 1. The number of hydrogen-bond acceptors (Lipinski definition) is 7. The minimum absolute atomic E-state index is 0.0198. The van der Waals surface area contributed by atoms with Crippen molar-refractivity contribution >= 4 is 28.1 Å². The van der Waals surface area contributed by atoms with Gasteiger partial charge in [-0.3, -0.25) is 10.2 Å². The fourth-order valence-electron chi connectivity index (χ4n) is 4.72. The number of fused-ring (bicyclic) bond motifs is 2. The van der Waals surface area contributed by atoms with E-state index in [9.17, 15) is 4.79 Å². The molecule has 0 amide bonds. The molecule has 6 N–H and O–H groups in total. The fraction of sp³-hybridized carbons (Fsp3) is 0.333. The topological polar surface area (TPSA) is 138 Å². The van der Waals surface area contributed by atoms with E-state index in [2.05, 4.69) is 19.9 Å². The van der Waals surface area contributed by atoms with E-state index >= 15 is 4.39 Å². The normalized spacial score (nSPS) is 22.7. The monoisotopic (exact) mass is 407 g/mol. The Labute approximate surface area is 171 Å². The average Bonchev–Trinajstić information content (AvgIpc) is 3.46. The summed E-state index contributed by atoms with van der Waals surface area (Å²) in [7, 11) is 0. The second-order valence-corrected chi connectivity index (χ2v) is 7.99. The summed E-state index contributed by atoms with van der Waals surface area (Å²) in [4.78, 5) is 25.3. The smallest absolute Gasteiger partial charge is 0.255 e. The largest absolute Gasteiger partial charge is 0.382 e. The van der Waals surface area contributed by atoms with Gasteiger partial charge in [-0.25, -0.2) is 14.4 Å². The predicted molar refractivity (Wildman–Crippen MR) is 113 cm³/mol. The first-order chi connectivity index (χ1) is 14.5. The van der Waals surface area contributed by atoms with Gasteiger partial charge in [0.15, 0.2) is 5.82 Å². The lowest BCUT2D eigenvalue weighted by Gasteiger charge is -2.27. The van der Waals surface area contributed by atoms with Crippen LogP contribution in [0.1, 0.15) is 17.7 Å². The number of nitrogen functional groups attached to an aromatic ring is 1. The van der Waals surface area contributed by atoms with Crippen LogP contribution in [0.25, 0.3) is 10.8 Å². The molecule has 8 nitrogen and oxygen atoms in total. The van der Waals surface area contributed by atoms with Crippen LogP contribution in [0.3, 0.4) is 0 Å². The van der Waals surface area contributed by atoms with Gasteiger partial charge in [0.2, 0.25) is 0 Å². The number of halogens is 1. The van der Waals surface area contributed by atoms with E-state index in [1.165, 1.54) is 24.4 Å². The highest BCUT2D eigenvalue weighted by molar-refractivity contribution is 6.13. The van der Waals surface area contributed by atoms with Crippen LogP contribution in [0.5, 0.6) is 0 Å². The van der Waals surface area contributed by atoms with Gasteiger partial charge in [-0.15, -0.1) is 0 Å². The molecule has 3 atom stereocenters. The molecule has 2 aliphatic rings. The molecule has 1 saturated heterocycles. The third-order valence-electron chi connectivity index (χ3n) is 6.45. The highest BCUT2D eigenvalue weighted by Gasteiger charge is 2.51. The summed E-state index contributed by atoms with van der Waals surface area (Å²) in [5.74, 6) is 1.99. The Morgan fingerprint density at radius 3 is 2.90 bits per heavy atom.